The molecule has 4 heteroatoms. The van der Waals surface area contributed by atoms with Crippen molar-refractivity contribution in [2.75, 3.05) is 0 Å². The van der Waals surface area contributed by atoms with Crippen LogP contribution in [0.5, 0.6) is 0 Å². The third kappa shape index (κ3) is 6.31. The second kappa shape index (κ2) is 11.7. The van der Waals surface area contributed by atoms with Gasteiger partial charge in [0.2, 0.25) is 0 Å². The number of fused-ring (bicyclic) bond motifs is 1. The highest BCUT2D eigenvalue weighted by Gasteiger charge is 2.56. The van der Waals surface area contributed by atoms with Gasteiger partial charge in [-0.15, -0.1) is 0 Å². The number of unbranched alkanes of at least 4 members (excludes halogenated alkanes) is 8. The summed E-state index contributed by atoms with van der Waals surface area (Å²) in [4.78, 5) is 24.9. The van der Waals surface area contributed by atoms with Crippen LogP contribution in [-0.2, 0) is 19.1 Å². The molecule has 0 radical (unpaired) electrons. The van der Waals surface area contributed by atoms with Gasteiger partial charge in [0, 0.05) is 12.8 Å². The van der Waals surface area contributed by atoms with E-state index in [4.69, 9.17) is 9.47 Å². The molecule has 4 aliphatic rings. The van der Waals surface area contributed by atoms with Crippen molar-refractivity contribution in [1.82, 2.24) is 0 Å². The van der Waals surface area contributed by atoms with E-state index >= 15 is 0 Å². The highest BCUT2D eigenvalue weighted by atomic mass is 16.6. The van der Waals surface area contributed by atoms with E-state index in [0.717, 1.165) is 19.3 Å². The van der Waals surface area contributed by atoms with Gasteiger partial charge in [0.25, 0.3) is 0 Å². The number of carbonyl (C=O) groups excluding carboxylic acids is 2. The standard InChI is InChI=1S/C29H46O4/c1-6-7-8-9-10-11-12-13-14-15-27(32-22(5)30)25-19-29(33-28(25)31)18-23-17-24(20(2)3)26(29)16-21(23)4/h16,19-20,23-24,26-27H,6-15,17-18H2,1-5H3/t23-,24-,26+,27-,29-/m1/s1. The SMILES string of the molecule is CCCCCCCCCCC[C@@H](OC(C)=O)C1=C[C@@]2(C[C@H]3C[C@H](C(C)C)[C@@H]2C=C3C)OC1=O. The van der Waals surface area contributed by atoms with E-state index in [2.05, 4.69) is 39.8 Å². The van der Waals surface area contributed by atoms with Gasteiger partial charge in [-0.25, -0.2) is 4.79 Å². The first-order valence-electron chi connectivity index (χ1n) is 13.6. The molecule has 1 heterocycles. The van der Waals surface area contributed by atoms with Crippen molar-refractivity contribution in [2.24, 2.45) is 23.7 Å². The van der Waals surface area contributed by atoms with Gasteiger partial charge in [0.05, 0.1) is 5.57 Å². The lowest BCUT2D eigenvalue weighted by molar-refractivity contribution is -0.159. The first-order chi connectivity index (χ1) is 15.8. The smallest absolute Gasteiger partial charge is 0.338 e. The number of hydrogen-bond acceptors (Lipinski definition) is 4. The van der Waals surface area contributed by atoms with E-state index in [-0.39, 0.29) is 17.9 Å². The number of esters is 2. The molecule has 0 saturated heterocycles. The van der Waals surface area contributed by atoms with Gasteiger partial charge in [-0.1, -0.05) is 83.8 Å². The lowest BCUT2D eigenvalue weighted by atomic mass is 9.56. The maximum atomic E-state index is 13.1. The molecule has 0 unspecified atom stereocenters. The third-order valence-corrected chi connectivity index (χ3v) is 8.23. The molecule has 0 amide bonds. The summed E-state index contributed by atoms with van der Waals surface area (Å²) in [5.41, 5.74) is 1.46. The summed E-state index contributed by atoms with van der Waals surface area (Å²) in [5.74, 6) is 1.14. The molecular formula is C29H46O4. The molecule has 0 aromatic heterocycles. The molecule has 2 bridgehead atoms. The lowest BCUT2D eigenvalue weighted by Gasteiger charge is -2.51. The first kappa shape index (κ1) is 26.0. The Morgan fingerprint density at radius 1 is 1.12 bits per heavy atom. The van der Waals surface area contributed by atoms with E-state index in [9.17, 15) is 9.59 Å². The minimum Gasteiger partial charge on any atom is -0.457 e. The molecule has 1 aliphatic heterocycles. The number of carbonyl (C=O) groups is 2. The zero-order valence-electron chi connectivity index (χ0n) is 21.7. The Balaban J connectivity index is 1.62. The molecule has 0 aromatic carbocycles. The van der Waals surface area contributed by atoms with Crippen LogP contribution >= 0.6 is 0 Å². The molecule has 0 aromatic rings. The Hall–Kier alpha value is -1.58. The van der Waals surface area contributed by atoms with Crippen molar-refractivity contribution in [1.29, 1.82) is 0 Å². The Morgan fingerprint density at radius 3 is 2.33 bits per heavy atom. The number of hydrogen-bond donors (Lipinski definition) is 0. The lowest BCUT2D eigenvalue weighted by Crippen LogP contribution is -2.51. The maximum absolute atomic E-state index is 13.1. The number of ether oxygens (including phenoxy) is 2. The van der Waals surface area contributed by atoms with Crippen molar-refractivity contribution in [3.8, 4) is 0 Å². The Labute approximate surface area is 201 Å². The van der Waals surface area contributed by atoms with E-state index in [1.807, 2.05) is 0 Å². The minimum atomic E-state index is -0.555. The van der Waals surface area contributed by atoms with Gasteiger partial charge in [0.15, 0.2) is 0 Å². The number of rotatable bonds is 13. The molecule has 0 N–H and O–H groups in total. The third-order valence-electron chi connectivity index (χ3n) is 8.23. The minimum absolute atomic E-state index is 0.217. The van der Waals surface area contributed by atoms with Crippen LogP contribution < -0.4 is 0 Å². The van der Waals surface area contributed by atoms with Crippen LogP contribution in [0.3, 0.4) is 0 Å². The fraction of sp³-hybridized carbons (Fsp3) is 0.793. The first-order valence-corrected chi connectivity index (χ1v) is 13.6. The van der Waals surface area contributed by atoms with Gasteiger partial charge in [-0.2, -0.15) is 0 Å². The average Bonchev–Trinajstić information content (AvgIpc) is 3.08. The van der Waals surface area contributed by atoms with Gasteiger partial charge in [-0.3, -0.25) is 4.79 Å². The molecule has 5 atom stereocenters. The van der Waals surface area contributed by atoms with Crippen LogP contribution in [0.2, 0.25) is 0 Å². The maximum Gasteiger partial charge on any atom is 0.338 e. The predicted molar refractivity (Wildman–Crippen MR) is 133 cm³/mol. The summed E-state index contributed by atoms with van der Waals surface area (Å²) in [6, 6.07) is 0. The topological polar surface area (TPSA) is 52.6 Å². The predicted octanol–water partition coefficient (Wildman–Crippen LogP) is 7.32. The fourth-order valence-corrected chi connectivity index (χ4v) is 6.35. The molecule has 4 nitrogen and oxygen atoms in total. The summed E-state index contributed by atoms with van der Waals surface area (Å²) >= 11 is 0. The number of allylic oxidation sites excluding steroid dienone is 1. The molecule has 1 saturated carbocycles. The van der Waals surface area contributed by atoms with Crippen LogP contribution in [-0.4, -0.2) is 23.6 Å². The van der Waals surface area contributed by atoms with Crippen LogP contribution in [0.4, 0.5) is 0 Å². The molecule has 33 heavy (non-hydrogen) atoms. The van der Waals surface area contributed by atoms with Crippen molar-refractivity contribution in [3.05, 3.63) is 23.3 Å². The summed E-state index contributed by atoms with van der Waals surface area (Å²) in [6.45, 7) is 10.4. The van der Waals surface area contributed by atoms with E-state index in [1.165, 1.54) is 63.9 Å². The molecule has 3 aliphatic carbocycles. The van der Waals surface area contributed by atoms with Crippen molar-refractivity contribution in [3.63, 3.8) is 0 Å². The van der Waals surface area contributed by atoms with E-state index in [1.54, 1.807) is 0 Å². The summed E-state index contributed by atoms with van der Waals surface area (Å²) < 4.78 is 11.8. The van der Waals surface area contributed by atoms with E-state index in [0.29, 0.717) is 29.7 Å². The van der Waals surface area contributed by atoms with Gasteiger partial charge >= 0.3 is 11.9 Å². The molecule has 186 valence electrons. The monoisotopic (exact) mass is 458 g/mol. The van der Waals surface area contributed by atoms with Gasteiger partial charge in [0.1, 0.15) is 11.7 Å². The quantitative estimate of drug-likeness (QED) is 0.165. The average molecular weight is 459 g/mol. The van der Waals surface area contributed by atoms with Gasteiger partial charge in [-0.05, 0) is 56.4 Å². The largest absolute Gasteiger partial charge is 0.457 e. The van der Waals surface area contributed by atoms with Gasteiger partial charge < -0.3 is 9.47 Å². The Kier molecular flexibility index (Phi) is 9.24. The van der Waals surface area contributed by atoms with Crippen molar-refractivity contribution in [2.45, 2.75) is 123 Å². The highest BCUT2D eigenvalue weighted by Crippen LogP contribution is 2.56. The normalized spacial score (nSPS) is 29.3. The Morgan fingerprint density at radius 2 is 1.76 bits per heavy atom. The zero-order valence-corrected chi connectivity index (χ0v) is 21.7. The van der Waals surface area contributed by atoms with Crippen LogP contribution in [0, 0.1) is 23.7 Å². The second-order valence-corrected chi connectivity index (χ2v) is 11.1. The molecule has 1 spiro atoms. The molecule has 4 rings (SSSR count). The molecule has 1 fully saturated rings. The summed E-state index contributed by atoms with van der Waals surface area (Å²) in [5, 5.41) is 0. The van der Waals surface area contributed by atoms with Crippen molar-refractivity contribution < 1.29 is 19.1 Å². The van der Waals surface area contributed by atoms with Crippen LogP contribution in [0.25, 0.3) is 0 Å². The van der Waals surface area contributed by atoms with Crippen LogP contribution in [0.1, 0.15) is 112 Å². The Bertz CT molecular complexity index is 749. The second-order valence-electron chi connectivity index (χ2n) is 11.1. The highest BCUT2D eigenvalue weighted by molar-refractivity contribution is 5.93. The fourth-order valence-electron chi connectivity index (χ4n) is 6.35. The summed E-state index contributed by atoms with van der Waals surface area (Å²) in [7, 11) is 0. The zero-order chi connectivity index (χ0) is 24.0. The van der Waals surface area contributed by atoms with Crippen molar-refractivity contribution >= 4 is 11.9 Å². The van der Waals surface area contributed by atoms with Crippen LogP contribution in [0.15, 0.2) is 23.3 Å². The summed E-state index contributed by atoms with van der Waals surface area (Å²) in [6.07, 6.45) is 17.8. The van der Waals surface area contributed by atoms with E-state index < -0.39 is 11.7 Å². The molecular weight excluding hydrogens is 412 g/mol.